The van der Waals surface area contributed by atoms with Crippen LogP contribution in [0.3, 0.4) is 0 Å². The summed E-state index contributed by atoms with van der Waals surface area (Å²) >= 11 is 0. The molecule has 82 heavy (non-hydrogen) atoms. The highest BCUT2D eigenvalue weighted by molar-refractivity contribution is 7.45. The maximum atomic E-state index is 12.9. The Morgan fingerprint density at radius 2 is 0.695 bits per heavy atom. The van der Waals surface area contributed by atoms with E-state index in [1.807, 2.05) is 21.1 Å². The number of phosphoric ester groups is 1. The molecule has 0 fully saturated rings. The van der Waals surface area contributed by atoms with Gasteiger partial charge in [-0.25, -0.2) is 0 Å². The number of carbonyl (C=O) groups is 2. The number of carbonyl (C=O) groups excluding carboxylic acids is 2. The van der Waals surface area contributed by atoms with Gasteiger partial charge in [-0.1, -0.05) is 299 Å². The molecule has 478 valence electrons. The van der Waals surface area contributed by atoms with E-state index in [0.717, 1.165) is 64.2 Å². The van der Waals surface area contributed by atoms with Crippen LogP contribution in [0.4, 0.5) is 0 Å². The van der Waals surface area contributed by atoms with E-state index in [1.165, 1.54) is 225 Å². The second-order valence-electron chi connectivity index (χ2n) is 24.5. The van der Waals surface area contributed by atoms with E-state index < -0.39 is 26.5 Å². The zero-order valence-electron chi connectivity index (χ0n) is 54.4. The van der Waals surface area contributed by atoms with Crippen LogP contribution in [0.2, 0.25) is 0 Å². The topological polar surface area (TPSA) is 111 Å². The van der Waals surface area contributed by atoms with Gasteiger partial charge < -0.3 is 27.9 Å². The van der Waals surface area contributed by atoms with Crippen LogP contribution >= 0.6 is 7.82 Å². The number of rotatable bonds is 64. The van der Waals surface area contributed by atoms with Crippen LogP contribution in [-0.4, -0.2) is 70.0 Å². The molecule has 2 atom stereocenters. The zero-order chi connectivity index (χ0) is 59.8. The summed E-state index contributed by atoms with van der Waals surface area (Å²) in [5.41, 5.74) is 0. The van der Waals surface area contributed by atoms with Gasteiger partial charge in [0.2, 0.25) is 0 Å². The van der Waals surface area contributed by atoms with Gasteiger partial charge in [-0.2, -0.15) is 0 Å². The van der Waals surface area contributed by atoms with E-state index in [2.05, 4.69) is 86.8 Å². The molecule has 0 saturated carbocycles. The second-order valence-corrected chi connectivity index (χ2v) is 25.9. The maximum absolute atomic E-state index is 12.9. The summed E-state index contributed by atoms with van der Waals surface area (Å²) in [6.45, 7) is 4.16. The van der Waals surface area contributed by atoms with Gasteiger partial charge in [0.05, 0.1) is 27.7 Å². The van der Waals surface area contributed by atoms with Gasteiger partial charge >= 0.3 is 11.9 Å². The van der Waals surface area contributed by atoms with Crippen LogP contribution in [0.5, 0.6) is 0 Å². The molecule has 0 heterocycles. The number of likely N-dealkylation sites (N-methyl/N-ethyl adjacent to an activating group) is 1. The summed E-state index contributed by atoms with van der Waals surface area (Å²) in [6, 6.07) is 0. The van der Waals surface area contributed by atoms with Crippen LogP contribution < -0.4 is 4.89 Å². The Bertz CT molecular complexity index is 1610. The third-order valence-electron chi connectivity index (χ3n) is 15.2. The standard InChI is InChI=1S/C72H132NO8P/c1-6-8-10-12-14-16-18-20-22-24-26-28-30-31-32-33-34-35-36-37-38-39-40-41-43-45-47-49-51-53-55-57-59-61-63-65-72(75)81-70(69-80-82(76,77)79-67-66-73(3,4)5)68-78-71(74)64-62-60-58-56-54-52-50-48-46-44-42-29-27-25-23-21-19-17-15-13-11-9-7-2/h8,10,14,16,19-22,25-28,70H,6-7,9,11-13,15,17-18,23-24,29-69H2,1-5H3/b10-8-,16-14-,21-19-,22-20-,27-25-,28-26-. The lowest BCUT2D eigenvalue weighted by atomic mass is 10.0. The summed E-state index contributed by atoms with van der Waals surface area (Å²) in [6.07, 6.45) is 84.1. The van der Waals surface area contributed by atoms with Gasteiger partial charge in [0.15, 0.2) is 6.10 Å². The largest absolute Gasteiger partial charge is 0.756 e. The first kappa shape index (κ1) is 79.5. The van der Waals surface area contributed by atoms with Gasteiger partial charge in [-0.05, 0) is 83.5 Å². The molecular formula is C72H132NO8P. The number of ether oxygens (including phenoxy) is 2. The molecule has 0 bridgehead atoms. The molecule has 0 aliphatic rings. The van der Waals surface area contributed by atoms with E-state index in [0.29, 0.717) is 17.4 Å². The minimum Gasteiger partial charge on any atom is -0.756 e. The third-order valence-corrected chi connectivity index (χ3v) is 16.2. The number of esters is 2. The fourth-order valence-electron chi connectivity index (χ4n) is 9.92. The molecule has 0 N–H and O–H groups in total. The molecule has 2 unspecified atom stereocenters. The van der Waals surface area contributed by atoms with Crippen molar-refractivity contribution in [2.24, 2.45) is 0 Å². The minimum atomic E-state index is -4.64. The van der Waals surface area contributed by atoms with Crippen molar-refractivity contribution in [3.63, 3.8) is 0 Å². The van der Waals surface area contributed by atoms with Gasteiger partial charge in [0, 0.05) is 12.8 Å². The highest BCUT2D eigenvalue weighted by Crippen LogP contribution is 2.38. The van der Waals surface area contributed by atoms with Crippen molar-refractivity contribution < 1.29 is 42.1 Å². The molecule has 0 aliphatic carbocycles. The summed E-state index contributed by atoms with van der Waals surface area (Å²) in [5, 5.41) is 0. The summed E-state index contributed by atoms with van der Waals surface area (Å²) in [4.78, 5) is 38.0. The number of hydrogen-bond acceptors (Lipinski definition) is 8. The molecule has 0 aromatic carbocycles. The normalized spacial score (nSPS) is 13.6. The molecule has 0 spiro atoms. The lowest BCUT2D eigenvalue weighted by Gasteiger charge is -2.28. The number of unbranched alkanes of at least 4 members (excludes halogenated alkanes) is 38. The predicted molar refractivity (Wildman–Crippen MR) is 351 cm³/mol. The van der Waals surface area contributed by atoms with Crippen molar-refractivity contribution in [1.82, 2.24) is 0 Å². The molecule has 0 amide bonds. The summed E-state index contributed by atoms with van der Waals surface area (Å²) < 4.78 is 34.3. The predicted octanol–water partition coefficient (Wildman–Crippen LogP) is 21.8. The molecule has 0 aromatic rings. The molecule has 0 saturated heterocycles. The first-order valence-electron chi connectivity index (χ1n) is 34.6. The number of nitrogens with zero attached hydrogens (tertiary/aromatic N) is 1. The highest BCUT2D eigenvalue weighted by Gasteiger charge is 2.22. The van der Waals surface area contributed by atoms with E-state index in [-0.39, 0.29) is 32.0 Å². The van der Waals surface area contributed by atoms with Gasteiger partial charge in [-0.3, -0.25) is 14.2 Å². The monoisotopic (exact) mass is 1170 g/mol. The second kappa shape index (κ2) is 63.0. The van der Waals surface area contributed by atoms with E-state index in [4.69, 9.17) is 18.5 Å². The first-order chi connectivity index (χ1) is 40.0. The highest BCUT2D eigenvalue weighted by atomic mass is 31.2. The zero-order valence-corrected chi connectivity index (χ0v) is 55.3. The average molecular weight is 1170 g/mol. The number of quaternary nitrogens is 1. The number of hydrogen-bond donors (Lipinski definition) is 0. The number of allylic oxidation sites excluding steroid dienone is 12. The Hall–Kier alpha value is -2.55. The van der Waals surface area contributed by atoms with Gasteiger partial charge in [0.25, 0.3) is 7.82 Å². The lowest BCUT2D eigenvalue weighted by molar-refractivity contribution is -0.870. The Kier molecular flexibility index (Phi) is 61.0. The minimum absolute atomic E-state index is 0.0308. The van der Waals surface area contributed by atoms with Crippen molar-refractivity contribution in [3.05, 3.63) is 72.9 Å². The summed E-state index contributed by atoms with van der Waals surface area (Å²) in [5.74, 6) is -0.822. The smallest absolute Gasteiger partial charge is 0.306 e. The SMILES string of the molecule is CC/C=C\C/C=C\C/C=C\C/C=C\CCCCCCCCCCCCCCCCCCCCCCCCC(=O)OC(COC(=O)CCCCCCCCCCCCC/C=C\C/C=C\CCCCCCC)COP(=O)([O-])OCC[N+](C)(C)C. The molecule has 0 rings (SSSR count). The van der Waals surface area contributed by atoms with Crippen molar-refractivity contribution in [2.45, 2.75) is 328 Å². The van der Waals surface area contributed by atoms with E-state index >= 15 is 0 Å². The van der Waals surface area contributed by atoms with Crippen molar-refractivity contribution in [1.29, 1.82) is 0 Å². The van der Waals surface area contributed by atoms with Gasteiger partial charge in [-0.15, -0.1) is 0 Å². The first-order valence-corrected chi connectivity index (χ1v) is 36.1. The van der Waals surface area contributed by atoms with E-state index in [1.54, 1.807) is 0 Å². The fraction of sp³-hybridized carbons (Fsp3) is 0.806. The molecular weight excluding hydrogens is 1040 g/mol. The third kappa shape index (κ3) is 66.6. The van der Waals surface area contributed by atoms with Crippen LogP contribution in [0, 0.1) is 0 Å². The van der Waals surface area contributed by atoms with Crippen LogP contribution in [0.1, 0.15) is 322 Å². The molecule has 0 radical (unpaired) electrons. The maximum Gasteiger partial charge on any atom is 0.306 e. The molecule has 10 heteroatoms. The summed E-state index contributed by atoms with van der Waals surface area (Å²) in [7, 11) is 1.18. The Balaban J connectivity index is 3.99. The lowest BCUT2D eigenvalue weighted by Crippen LogP contribution is -2.37. The van der Waals surface area contributed by atoms with Crippen molar-refractivity contribution in [2.75, 3.05) is 47.5 Å². The Labute approximate surface area is 508 Å². The van der Waals surface area contributed by atoms with E-state index in [9.17, 15) is 19.0 Å². The molecule has 9 nitrogen and oxygen atoms in total. The van der Waals surface area contributed by atoms with Crippen LogP contribution in [0.25, 0.3) is 0 Å². The molecule has 0 aromatic heterocycles. The van der Waals surface area contributed by atoms with Gasteiger partial charge in [0.1, 0.15) is 19.8 Å². The Morgan fingerprint density at radius 1 is 0.390 bits per heavy atom. The Morgan fingerprint density at radius 3 is 1.04 bits per heavy atom. The fourth-order valence-corrected chi connectivity index (χ4v) is 10.6. The van der Waals surface area contributed by atoms with Crippen molar-refractivity contribution >= 4 is 19.8 Å². The quantitative estimate of drug-likeness (QED) is 0.0195. The average Bonchev–Trinajstić information content (AvgIpc) is 3.45. The molecule has 0 aliphatic heterocycles. The number of phosphoric acid groups is 1. The van der Waals surface area contributed by atoms with Crippen LogP contribution in [0.15, 0.2) is 72.9 Å². The van der Waals surface area contributed by atoms with Crippen molar-refractivity contribution in [3.8, 4) is 0 Å². The van der Waals surface area contributed by atoms with Crippen LogP contribution in [-0.2, 0) is 32.7 Å².